The number of carbonyl (C=O) groups is 1. The minimum atomic E-state index is -1.98. The molecule has 0 aromatic rings. The van der Waals surface area contributed by atoms with E-state index < -0.39 is 124 Å². The van der Waals surface area contributed by atoms with Crippen molar-refractivity contribution >= 4 is 5.91 Å². The molecule has 19 heteroatoms. The summed E-state index contributed by atoms with van der Waals surface area (Å²) in [6.45, 7) is 1.49. The highest BCUT2D eigenvalue weighted by Gasteiger charge is 2.53. The van der Waals surface area contributed by atoms with E-state index in [1.807, 2.05) is 6.08 Å². The Hall–Kier alpha value is -3.29. The Morgan fingerprint density at radius 1 is 0.430 bits per heavy atom. The predicted molar refractivity (Wildman–Crippen MR) is 332 cm³/mol. The summed E-state index contributed by atoms with van der Waals surface area (Å²) in [6, 6.07) is -0.975. The van der Waals surface area contributed by atoms with Gasteiger partial charge < -0.3 is 89.9 Å². The van der Waals surface area contributed by atoms with Crippen molar-refractivity contribution < 1.29 is 89.4 Å². The molecule has 0 aromatic heterocycles. The van der Waals surface area contributed by atoms with Crippen molar-refractivity contribution in [2.75, 3.05) is 26.4 Å². The largest absolute Gasteiger partial charge is 0.394 e. The Balaban J connectivity index is 1.30. The molecule has 1 amide bonds. The van der Waals surface area contributed by atoms with Gasteiger partial charge in [0.15, 0.2) is 18.9 Å². The van der Waals surface area contributed by atoms with Gasteiger partial charge in [0.25, 0.3) is 0 Å². The molecule has 17 unspecified atom stereocenters. The molecule has 19 nitrogen and oxygen atoms in total. The molecule has 3 saturated heterocycles. The van der Waals surface area contributed by atoms with E-state index in [-0.39, 0.29) is 18.9 Å². The third-order valence-corrected chi connectivity index (χ3v) is 15.6. The quantitative estimate of drug-likeness (QED) is 0.0210. The Kier molecular flexibility index (Phi) is 43.4. The van der Waals surface area contributed by atoms with Crippen molar-refractivity contribution in [2.24, 2.45) is 0 Å². The van der Waals surface area contributed by atoms with Crippen LogP contribution in [0.25, 0.3) is 0 Å². The molecule has 17 atom stereocenters. The number of carbonyl (C=O) groups excluding carboxylic acids is 1. The number of allylic oxidation sites excluding steroid dienone is 15. The van der Waals surface area contributed by atoms with Gasteiger partial charge in [0, 0.05) is 6.42 Å². The van der Waals surface area contributed by atoms with Crippen LogP contribution >= 0.6 is 0 Å². The Bertz CT molecular complexity index is 1940. The van der Waals surface area contributed by atoms with Crippen LogP contribution in [0.2, 0.25) is 0 Å². The molecule has 0 radical (unpaired) electrons. The van der Waals surface area contributed by atoms with Crippen LogP contribution in [0.4, 0.5) is 0 Å². The lowest BCUT2D eigenvalue weighted by molar-refractivity contribution is -0.379. The fourth-order valence-electron chi connectivity index (χ4n) is 10.3. The van der Waals surface area contributed by atoms with Crippen LogP contribution < -0.4 is 5.32 Å². The fraction of sp³-hybridized carbons (Fsp3) is 0.746. The standard InChI is InChI=1S/C67H113NO18/c1-3-5-7-9-11-12-13-14-15-16-17-18-19-20-21-22-23-24-25-26-27-28-29-30-31-32-33-34-35-36-37-38-39-41-43-45-55(73)68-50(51(72)44-42-40-10-8-6-4-2)49-81-65-61(79)58(76)63(53(47-70)83-65)86-67-62(80)59(77)64(54(48-71)84-67)85-66-60(78)57(75)56(74)52(46-69)82-66/h5,7,11-12,14-15,17-18,20-21,23-24,26-27,42,44,50-54,56-67,69-72,74-80H,3-4,6,8-10,13,16,19,22,25,28-41,43,45-49H2,1-2H3,(H,68,73)/b7-5-,12-11-,15-14-,18-17-,21-20-,24-23-,27-26-,44-42+. The van der Waals surface area contributed by atoms with Crippen molar-refractivity contribution in [3.05, 3.63) is 97.2 Å². The van der Waals surface area contributed by atoms with Gasteiger partial charge in [-0.25, -0.2) is 0 Å². The highest BCUT2D eigenvalue weighted by Crippen LogP contribution is 2.33. The van der Waals surface area contributed by atoms with Gasteiger partial charge in [0.2, 0.25) is 5.91 Å². The monoisotopic (exact) mass is 1220 g/mol. The molecule has 0 bridgehead atoms. The number of amides is 1. The smallest absolute Gasteiger partial charge is 0.220 e. The number of nitrogens with one attached hydrogen (secondary N) is 1. The van der Waals surface area contributed by atoms with Crippen LogP contribution in [-0.4, -0.2) is 193 Å². The molecule has 494 valence electrons. The SMILES string of the molecule is CC/C=C\C/C=C\C/C=C\C/C=C\C/C=C\C/C=C\C/C=C\CCCCCCCCCCCCCCCC(=O)NC(COC1OC(CO)C(OC2OC(CO)C(OC3OC(CO)C(O)C(O)C3O)C(O)C2O)C(O)C1O)C(O)/C=C/CCCCCC. The molecule has 86 heavy (non-hydrogen) atoms. The van der Waals surface area contributed by atoms with Crippen molar-refractivity contribution in [3.8, 4) is 0 Å². The predicted octanol–water partition coefficient (Wildman–Crippen LogP) is 7.32. The average Bonchev–Trinajstić information content (AvgIpc) is 2.46. The van der Waals surface area contributed by atoms with Crippen molar-refractivity contribution in [2.45, 2.75) is 291 Å². The van der Waals surface area contributed by atoms with Gasteiger partial charge in [0.1, 0.15) is 73.2 Å². The summed E-state index contributed by atoms with van der Waals surface area (Å²) < 4.78 is 34.1. The summed E-state index contributed by atoms with van der Waals surface area (Å²) in [5, 5.41) is 120. The van der Waals surface area contributed by atoms with E-state index in [4.69, 9.17) is 28.4 Å². The molecule has 3 aliphatic heterocycles. The van der Waals surface area contributed by atoms with Crippen LogP contribution in [0, 0.1) is 0 Å². The Morgan fingerprint density at radius 2 is 0.802 bits per heavy atom. The first-order valence-electron chi connectivity index (χ1n) is 32.5. The van der Waals surface area contributed by atoms with E-state index in [0.717, 1.165) is 109 Å². The minimum Gasteiger partial charge on any atom is -0.394 e. The van der Waals surface area contributed by atoms with Crippen molar-refractivity contribution in [1.82, 2.24) is 5.32 Å². The number of aliphatic hydroxyl groups is 11. The summed E-state index contributed by atoms with van der Waals surface area (Å²) in [6.07, 6.45) is 36.1. The van der Waals surface area contributed by atoms with Gasteiger partial charge in [0.05, 0.1) is 38.6 Å². The van der Waals surface area contributed by atoms with Crippen LogP contribution in [-0.2, 0) is 33.2 Å². The second kappa shape index (κ2) is 48.5. The normalized spacial score (nSPS) is 29.4. The van der Waals surface area contributed by atoms with Crippen molar-refractivity contribution in [1.29, 1.82) is 0 Å². The van der Waals surface area contributed by atoms with Crippen LogP contribution in [0.3, 0.4) is 0 Å². The highest BCUT2D eigenvalue weighted by atomic mass is 16.8. The van der Waals surface area contributed by atoms with Crippen molar-refractivity contribution in [3.63, 3.8) is 0 Å². The van der Waals surface area contributed by atoms with E-state index in [2.05, 4.69) is 104 Å². The zero-order chi connectivity index (χ0) is 62.6. The first-order valence-corrected chi connectivity index (χ1v) is 32.5. The van der Waals surface area contributed by atoms with Gasteiger partial charge in [-0.3, -0.25) is 4.79 Å². The number of aliphatic hydroxyl groups excluding tert-OH is 11. The van der Waals surface area contributed by atoms with Crippen LogP contribution in [0.5, 0.6) is 0 Å². The lowest BCUT2D eigenvalue weighted by Crippen LogP contribution is -2.66. The van der Waals surface area contributed by atoms with Crippen LogP contribution in [0.1, 0.15) is 187 Å². The number of ether oxygens (including phenoxy) is 6. The molecule has 0 spiro atoms. The third kappa shape index (κ3) is 31.0. The molecule has 12 N–H and O–H groups in total. The number of rotatable bonds is 47. The second-order valence-electron chi connectivity index (χ2n) is 22.8. The summed E-state index contributed by atoms with van der Waals surface area (Å²) in [5.74, 6) is -0.288. The molecule has 0 aliphatic carbocycles. The number of hydrogen-bond donors (Lipinski definition) is 12. The van der Waals surface area contributed by atoms with E-state index in [1.54, 1.807) is 6.08 Å². The van der Waals surface area contributed by atoms with Gasteiger partial charge in [-0.2, -0.15) is 0 Å². The first kappa shape index (κ1) is 77.0. The Labute approximate surface area is 513 Å². The summed E-state index contributed by atoms with van der Waals surface area (Å²) in [5.41, 5.74) is 0. The molecular weight excluding hydrogens is 1110 g/mol. The fourth-order valence-corrected chi connectivity index (χ4v) is 10.3. The van der Waals surface area contributed by atoms with E-state index in [1.165, 1.54) is 51.4 Å². The van der Waals surface area contributed by atoms with Gasteiger partial charge in [-0.1, -0.05) is 201 Å². The molecular formula is C67H113NO18. The first-order chi connectivity index (χ1) is 41.8. The highest BCUT2D eigenvalue weighted by molar-refractivity contribution is 5.76. The lowest BCUT2D eigenvalue weighted by atomic mass is 9.96. The zero-order valence-electron chi connectivity index (χ0n) is 51.7. The zero-order valence-corrected chi connectivity index (χ0v) is 51.7. The molecule has 3 fully saturated rings. The van der Waals surface area contributed by atoms with Crippen LogP contribution in [0.15, 0.2) is 97.2 Å². The van der Waals surface area contributed by atoms with E-state index in [0.29, 0.717) is 6.42 Å². The third-order valence-electron chi connectivity index (χ3n) is 15.6. The minimum absolute atomic E-state index is 0.235. The molecule has 0 aromatic carbocycles. The second-order valence-corrected chi connectivity index (χ2v) is 22.8. The topological polar surface area (TPSA) is 307 Å². The Morgan fingerprint density at radius 3 is 1.26 bits per heavy atom. The molecule has 3 aliphatic rings. The summed E-state index contributed by atoms with van der Waals surface area (Å²) in [7, 11) is 0. The van der Waals surface area contributed by atoms with Gasteiger partial charge in [-0.15, -0.1) is 0 Å². The maximum Gasteiger partial charge on any atom is 0.220 e. The lowest BCUT2D eigenvalue weighted by Gasteiger charge is -2.48. The molecule has 0 saturated carbocycles. The van der Waals surface area contributed by atoms with E-state index >= 15 is 0 Å². The average molecular weight is 1220 g/mol. The maximum absolute atomic E-state index is 13.3. The maximum atomic E-state index is 13.3. The molecule has 3 rings (SSSR count). The van der Waals surface area contributed by atoms with E-state index in [9.17, 15) is 61.0 Å². The number of hydrogen-bond acceptors (Lipinski definition) is 18. The summed E-state index contributed by atoms with van der Waals surface area (Å²) in [4.78, 5) is 13.3. The molecule has 3 heterocycles. The number of unbranched alkanes of at least 4 members (excludes halogenated alkanes) is 17. The summed E-state index contributed by atoms with van der Waals surface area (Å²) >= 11 is 0. The van der Waals surface area contributed by atoms with Gasteiger partial charge in [-0.05, 0) is 77.0 Å². The van der Waals surface area contributed by atoms with Gasteiger partial charge >= 0.3 is 0 Å².